The first-order valence-corrected chi connectivity index (χ1v) is 9.44. The lowest BCUT2D eigenvalue weighted by Crippen LogP contribution is -2.38. The molecule has 0 saturated carbocycles. The van der Waals surface area contributed by atoms with Crippen molar-refractivity contribution < 1.29 is 56.8 Å². The molecule has 0 aliphatic carbocycles. The van der Waals surface area contributed by atoms with E-state index in [9.17, 15) is 18.7 Å². The maximum Gasteiger partial charge on any atom is 0.472 e. The molecule has 4 N–H and O–H groups in total. The summed E-state index contributed by atoms with van der Waals surface area (Å²) >= 11 is 0. The van der Waals surface area contributed by atoms with Crippen LogP contribution in [0.5, 0.6) is 0 Å². The Morgan fingerprint density at radius 2 is 1.46 bits per heavy atom. The number of phosphoric acid groups is 2. The second kappa shape index (κ2) is 8.59. The normalized spacial score (nSPS) is 17.8. The SMILES string of the molecule is COC(OCCN1C(=O)CCC1=O)C(OP(=O)(O)O)OP(=O)(O)O. The summed E-state index contributed by atoms with van der Waals surface area (Å²) in [5.74, 6) is -0.820. The molecule has 0 radical (unpaired) electrons. The molecule has 1 saturated heterocycles. The van der Waals surface area contributed by atoms with Crippen molar-refractivity contribution >= 4 is 27.5 Å². The van der Waals surface area contributed by atoms with E-state index in [1.165, 1.54) is 0 Å². The van der Waals surface area contributed by atoms with Crippen LogP contribution in [0.4, 0.5) is 0 Å². The van der Waals surface area contributed by atoms with Crippen LogP contribution in [-0.2, 0) is 37.2 Å². The second-order valence-electron chi connectivity index (χ2n) is 4.47. The average molecular weight is 393 g/mol. The molecule has 1 aliphatic heterocycles. The molecule has 2 amide bonds. The van der Waals surface area contributed by atoms with E-state index >= 15 is 0 Å². The molecule has 13 nitrogen and oxygen atoms in total. The smallest absolute Gasteiger partial charge is 0.351 e. The molecule has 15 heteroatoms. The van der Waals surface area contributed by atoms with E-state index in [1.807, 2.05) is 0 Å². The van der Waals surface area contributed by atoms with E-state index in [0.717, 1.165) is 12.0 Å². The number of carbonyl (C=O) groups is 2. The van der Waals surface area contributed by atoms with Crippen LogP contribution in [-0.4, -0.2) is 69.1 Å². The molecule has 1 fully saturated rings. The second-order valence-corrected chi connectivity index (χ2v) is 6.86. The van der Waals surface area contributed by atoms with Crippen LogP contribution in [0.15, 0.2) is 0 Å². The minimum Gasteiger partial charge on any atom is -0.351 e. The highest BCUT2D eigenvalue weighted by Crippen LogP contribution is 2.45. The first-order chi connectivity index (χ1) is 10.9. The van der Waals surface area contributed by atoms with E-state index in [0.29, 0.717) is 0 Å². The van der Waals surface area contributed by atoms with E-state index in [1.54, 1.807) is 0 Å². The van der Waals surface area contributed by atoms with Crippen LogP contribution in [0, 0.1) is 0 Å². The van der Waals surface area contributed by atoms with Gasteiger partial charge in [-0.05, 0) is 0 Å². The lowest BCUT2D eigenvalue weighted by molar-refractivity contribution is -0.232. The predicted molar refractivity (Wildman–Crippen MR) is 72.7 cm³/mol. The predicted octanol–water partition coefficient (Wildman–Crippen LogP) is -1.33. The lowest BCUT2D eigenvalue weighted by atomic mass is 10.4. The van der Waals surface area contributed by atoms with Gasteiger partial charge in [0.05, 0.1) is 13.2 Å². The highest BCUT2D eigenvalue weighted by molar-refractivity contribution is 7.47. The highest BCUT2D eigenvalue weighted by Gasteiger charge is 2.37. The number of amides is 2. The first-order valence-electron chi connectivity index (χ1n) is 6.38. The molecule has 0 aromatic rings. The van der Waals surface area contributed by atoms with Crippen LogP contribution in [0.25, 0.3) is 0 Å². The number of hydrogen-bond acceptors (Lipinski definition) is 8. The van der Waals surface area contributed by atoms with Crippen LogP contribution in [0.2, 0.25) is 0 Å². The number of likely N-dealkylation sites (tertiary alicyclic amines) is 1. The summed E-state index contributed by atoms with van der Waals surface area (Å²) in [7, 11) is -9.39. The molecule has 140 valence electrons. The molecule has 0 aromatic heterocycles. The van der Waals surface area contributed by atoms with E-state index in [4.69, 9.17) is 24.3 Å². The Bertz CT molecular complexity index is 515. The molecule has 1 rings (SSSR count). The molecular weight excluding hydrogens is 376 g/mol. The van der Waals surface area contributed by atoms with Gasteiger partial charge in [0.1, 0.15) is 0 Å². The minimum atomic E-state index is -5.19. The number of carbonyl (C=O) groups excluding carboxylic acids is 2. The Kier molecular flexibility index (Phi) is 7.63. The number of methoxy groups -OCH3 is 1. The Morgan fingerprint density at radius 1 is 1.00 bits per heavy atom. The number of nitrogens with zero attached hydrogens (tertiary/aromatic N) is 1. The fourth-order valence-corrected chi connectivity index (χ4v) is 2.67. The summed E-state index contributed by atoms with van der Waals surface area (Å²) in [4.78, 5) is 58.7. The van der Waals surface area contributed by atoms with Crippen molar-refractivity contribution in [3.63, 3.8) is 0 Å². The number of phosphoric ester groups is 2. The van der Waals surface area contributed by atoms with Gasteiger partial charge in [0.25, 0.3) is 0 Å². The molecular formula is C9H17NO12P2. The first kappa shape index (κ1) is 21.3. The van der Waals surface area contributed by atoms with Crippen LogP contribution < -0.4 is 0 Å². The zero-order valence-corrected chi connectivity index (χ0v) is 14.2. The van der Waals surface area contributed by atoms with Gasteiger partial charge in [0.15, 0.2) is 0 Å². The van der Waals surface area contributed by atoms with Crippen LogP contribution in [0.3, 0.4) is 0 Å². The largest absolute Gasteiger partial charge is 0.472 e. The summed E-state index contributed by atoms with van der Waals surface area (Å²) in [5.41, 5.74) is 0. The van der Waals surface area contributed by atoms with Gasteiger partial charge in [-0.2, -0.15) is 0 Å². The van der Waals surface area contributed by atoms with Gasteiger partial charge in [-0.25, -0.2) is 9.13 Å². The topological polar surface area (TPSA) is 189 Å². The third kappa shape index (κ3) is 7.45. The van der Waals surface area contributed by atoms with Gasteiger partial charge >= 0.3 is 15.6 Å². The summed E-state index contributed by atoms with van der Waals surface area (Å²) < 4.78 is 39.5. The monoisotopic (exact) mass is 393 g/mol. The van der Waals surface area contributed by atoms with Crippen molar-refractivity contribution in [3.05, 3.63) is 0 Å². The third-order valence-corrected chi connectivity index (χ3v) is 3.65. The molecule has 1 atom stereocenters. The van der Waals surface area contributed by atoms with Gasteiger partial charge in [0.2, 0.25) is 24.4 Å². The average Bonchev–Trinajstić information content (AvgIpc) is 2.71. The summed E-state index contributed by atoms with van der Waals surface area (Å²) in [6.07, 6.45) is -3.88. The fourth-order valence-electron chi connectivity index (χ4n) is 1.78. The molecule has 0 aromatic carbocycles. The summed E-state index contributed by atoms with van der Waals surface area (Å²) in [5, 5.41) is 0. The Labute approximate surface area is 135 Å². The fraction of sp³-hybridized carbons (Fsp3) is 0.778. The van der Waals surface area contributed by atoms with E-state index in [2.05, 4.69) is 13.8 Å². The number of imide groups is 1. The summed E-state index contributed by atoms with van der Waals surface area (Å²) in [6.45, 7) is -0.530. The standard InChI is InChI=1S/C9H17NO12P2/c1-19-8(9(21-23(13,14)15)22-24(16,17)18)20-5-4-10-6(11)2-3-7(10)12/h8-9H,2-5H2,1H3,(H2,13,14,15)(H2,16,17,18). The van der Waals surface area contributed by atoms with Crippen LogP contribution in [0.1, 0.15) is 12.8 Å². The van der Waals surface area contributed by atoms with Gasteiger partial charge in [-0.15, -0.1) is 0 Å². The van der Waals surface area contributed by atoms with Crippen molar-refractivity contribution in [2.75, 3.05) is 20.3 Å². The molecule has 0 bridgehead atoms. The van der Waals surface area contributed by atoms with Crippen molar-refractivity contribution in [3.8, 4) is 0 Å². The van der Waals surface area contributed by atoms with Crippen LogP contribution >= 0.6 is 15.6 Å². The molecule has 1 aliphatic rings. The minimum absolute atomic E-state index is 0.0673. The van der Waals surface area contributed by atoms with E-state index in [-0.39, 0.29) is 26.0 Å². The number of rotatable bonds is 10. The molecule has 0 spiro atoms. The number of hydrogen-bond donors (Lipinski definition) is 4. The quantitative estimate of drug-likeness (QED) is 0.195. The third-order valence-electron chi connectivity index (χ3n) is 2.69. The molecule has 1 unspecified atom stereocenters. The maximum atomic E-state index is 11.4. The zero-order valence-electron chi connectivity index (χ0n) is 12.4. The van der Waals surface area contributed by atoms with Gasteiger partial charge in [-0.1, -0.05) is 0 Å². The Hall–Kier alpha value is -0.720. The van der Waals surface area contributed by atoms with Crippen molar-refractivity contribution in [2.45, 2.75) is 25.4 Å². The Balaban J connectivity index is 2.67. The maximum absolute atomic E-state index is 11.4. The number of ether oxygens (including phenoxy) is 2. The highest BCUT2D eigenvalue weighted by atomic mass is 31.2. The zero-order chi connectivity index (χ0) is 18.5. The molecule has 24 heavy (non-hydrogen) atoms. The van der Waals surface area contributed by atoms with Crippen molar-refractivity contribution in [1.29, 1.82) is 0 Å². The Morgan fingerprint density at radius 3 is 1.83 bits per heavy atom. The van der Waals surface area contributed by atoms with E-state index < -0.39 is 40.0 Å². The molecule has 1 heterocycles. The van der Waals surface area contributed by atoms with Gasteiger partial charge in [0, 0.05) is 20.0 Å². The van der Waals surface area contributed by atoms with Crippen molar-refractivity contribution in [1.82, 2.24) is 4.90 Å². The lowest BCUT2D eigenvalue weighted by Gasteiger charge is -2.26. The summed E-state index contributed by atoms with van der Waals surface area (Å²) in [6, 6.07) is 0. The van der Waals surface area contributed by atoms with Gasteiger partial charge in [-0.3, -0.25) is 23.5 Å². The van der Waals surface area contributed by atoms with Crippen molar-refractivity contribution in [2.24, 2.45) is 0 Å². The van der Waals surface area contributed by atoms with Gasteiger partial charge < -0.3 is 29.0 Å².